The number of ether oxygens (including phenoxy) is 1. The predicted molar refractivity (Wildman–Crippen MR) is 342 cm³/mol. The molecule has 31 nitrogen and oxygen atoms in total. The molecule has 0 saturated carbocycles. The van der Waals surface area contributed by atoms with Gasteiger partial charge < -0.3 is 90.4 Å². The minimum atomic E-state index is -4.50. The van der Waals surface area contributed by atoms with Crippen LogP contribution in [0.15, 0.2) is 95.7 Å². The fourth-order valence-corrected chi connectivity index (χ4v) is 12.1. The second-order valence-electron chi connectivity index (χ2n) is 23.1. The van der Waals surface area contributed by atoms with Gasteiger partial charge in [0, 0.05) is 75.3 Å². The zero-order valence-corrected chi connectivity index (χ0v) is 53.3. The molecule has 0 spiro atoms. The van der Waals surface area contributed by atoms with Crippen molar-refractivity contribution in [3.63, 3.8) is 0 Å². The standard InChI is InChI=1S/C60H90N19O12P/c1-5-37(4)50(56(86)73-44(51(61)81)29-40-31-66-34-70-40)77-48(80)22-26-92(89,90)49(27-36(2)3)78-54(84)46(30-41-32-67-35-71-41)74-53(83)45(28-38-15-8-6-9-16-38)75-55(85)47-21-14-25-79(47)57(87)43(20-13-24-69-59(64)65)72-52(82)42(19-12-23-68-58(62)63)76-60(88)91-33-39-17-10-7-11-18-39/h6-11,15-18,31-32,34-37,42-47,49-50H,5,12-14,19-30,33H2,1-4H3,(H2,61,81)(H,66,70)(H,67,71)(H,72,82)(H,73,86)(H,74,83)(H,75,85)(H,76,88)(H,77,80)(H,78,84)(H,89,90)(H4,62,63,68)(H4,64,65,69)/t37-,42-,43-,44-,45-,46-,47+,49-,50-/m0/s1. The Labute approximate surface area is 534 Å². The van der Waals surface area contributed by atoms with Gasteiger partial charge in [0.15, 0.2) is 11.9 Å². The van der Waals surface area contributed by atoms with Crippen LogP contribution in [0, 0.1) is 11.8 Å². The van der Waals surface area contributed by atoms with E-state index >= 15 is 0 Å². The fraction of sp³-hybridized carbons (Fsp3) is 0.517. The van der Waals surface area contributed by atoms with Gasteiger partial charge in [-0.1, -0.05) is 94.8 Å². The molecule has 2 aromatic carbocycles. The average molecular weight is 1300 g/mol. The number of nitrogens with zero attached hydrogens (tertiary/aromatic N) is 5. The Bertz CT molecular complexity index is 3150. The van der Waals surface area contributed by atoms with Crippen molar-refractivity contribution in [1.82, 2.24) is 62.1 Å². The molecule has 10 atom stereocenters. The van der Waals surface area contributed by atoms with E-state index in [1.807, 2.05) is 0 Å². The topological polar surface area (TPSA) is 500 Å². The molecule has 502 valence electrons. The molecule has 0 bridgehead atoms. The summed E-state index contributed by atoms with van der Waals surface area (Å²) in [6, 6.07) is 8.67. The van der Waals surface area contributed by atoms with Crippen molar-refractivity contribution in [1.29, 1.82) is 0 Å². The first-order valence-electron chi connectivity index (χ1n) is 30.6. The SMILES string of the molecule is CC[C@H](C)[C@H](NC(=O)CCP(=O)(O)[C@@H](CC(C)C)NC(=O)[C@H](Cc1cnc[nH]1)NC(=O)[C@H](Cc1ccccc1)NC(=O)[C@H]1CCCN1C(=O)[C@H](CCCN=C(N)N)NC(=O)[C@H](CCCN=C(N)N)NC(=O)OCc1ccccc1)C(=O)N[C@@H](Cc1cnc[nH]1)C(N)=O. The van der Waals surface area contributed by atoms with Gasteiger partial charge in [0.05, 0.1) is 12.7 Å². The molecule has 92 heavy (non-hydrogen) atoms. The minimum Gasteiger partial charge on any atom is -0.445 e. The van der Waals surface area contributed by atoms with Crippen molar-refractivity contribution in [3.05, 3.63) is 108 Å². The smallest absolute Gasteiger partial charge is 0.408 e. The zero-order valence-electron chi connectivity index (χ0n) is 52.4. The average Bonchev–Trinajstić information content (AvgIpc) is 1.56. The molecule has 2 aromatic heterocycles. The number of likely N-dealkylation sites (tertiary alicyclic amines) is 1. The Hall–Kier alpha value is -9.38. The predicted octanol–water partition coefficient (Wildman–Crippen LogP) is -0.342. The van der Waals surface area contributed by atoms with Crippen LogP contribution < -0.4 is 65.9 Å². The normalized spacial score (nSPS) is 16.1. The van der Waals surface area contributed by atoms with E-state index in [2.05, 4.69) is 67.1 Å². The largest absolute Gasteiger partial charge is 0.445 e. The lowest BCUT2D eigenvalue weighted by atomic mass is 9.97. The summed E-state index contributed by atoms with van der Waals surface area (Å²) in [5.74, 6) is -8.69. The fourth-order valence-electron chi connectivity index (χ4n) is 10.1. The third kappa shape index (κ3) is 24.8. The van der Waals surface area contributed by atoms with Crippen molar-refractivity contribution < 1.29 is 57.3 Å². The highest BCUT2D eigenvalue weighted by Gasteiger charge is 2.41. The van der Waals surface area contributed by atoms with Crippen molar-refractivity contribution in [2.75, 3.05) is 25.8 Å². The first-order valence-corrected chi connectivity index (χ1v) is 32.5. The molecule has 1 unspecified atom stereocenters. The van der Waals surface area contributed by atoms with Gasteiger partial charge >= 0.3 is 6.09 Å². The Balaban J connectivity index is 1.34. The second kappa shape index (κ2) is 37.1. The lowest BCUT2D eigenvalue weighted by Crippen LogP contribution is -2.59. The van der Waals surface area contributed by atoms with Crippen LogP contribution in [0.1, 0.15) is 108 Å². The summed E-state index contributed by atoms with van der Waals surface area (Å²) < 4.78 is 19.8. The van der Waals surface area contributed by atoms with Crippen LogP contribution in [0.4, 0.5) is 4.79 Å². The van der Waals surface area contributed by atoms with Gasteiger partial charge in [-0.3, -0.25) is 52.9 Å². The van der Waals surface area contributed by atoms with Crippen molar-refractivity contribution in [2.24, 2.45) is 50.5 Å². The maximum atomic E-state index is 14.8. The number of imidazole rings is 2. The number of H-pyrrole nitrogens is 2. The van der Waals surface area contributed by atoms with Gasteiger partial charge in [-0.2, -0.15) is 0 Å². The Morgan fingerprint density at radius 2 is 1.21 bits per heavy atom. The van der Waals surface area contributed by atoms with Gasteiger partial charge in [-0.25, -0.2) is 14.8 Å². The summed E-state index contributed by atoms with van der Waals surface area (Å²) in [6.07, 6.45) is 4.56. The molecule has 0 radical (unpaired) electrons. The summed E-state index contributed by atoms with van der Waals surface area (Å²) >= 11 is 0. The quantitative estimate of drug-likeness (QED) is 0.0118. The molecular formula is C60H90N19O12P. The van der Waals surface area contributed by atoms with Crippen molar-refractivity contribution in [3.8, 4) is 0 Å². The Kier molecular flexibility index (Phi) is 29.6. The highest BCUT2D eigenvalue weighted by Crippen LogP contribution is 2.48. The number of hydrogen-bond acceptors (Lipinski definition) is 15. The molecule has 3 heterocycles. The summed E-state index contributed by atoms with van der Waals surface area (Å²) in [4.78, 5) is 161. The molecule has 5 rings (SSSR count). The van der Waals surface area contributed by atoms with Gasteiger partial charge in [-0.15, -0.1) is 0 Å². The van der Waals surface area contributed by atoms with Crippen molar-refractivity contribution >= 4 is 72.6 Å². The number of hydrogen-bond donors (Lipinski definition) is 15. The number of nitrogens with one attached hydrogen (secondary N) is 9. The lowest BCUT2D eigenvalue weighted by molar-refractivity contribution is -0.142. The highest BCUT2D eigenvalue weighted by atomic mass is 31.2. The summed E-state index contributed by atoms with van der Waals surface area (Å²) in [7, 11) is -4.50. The second-order valence-corrected chi connectivity index (χ2v) is 25.6. The number of carbonyl (C=O) groups excluding carboxylic acids is 9. The highest BCUT2D eigenvalue weighted by molar-refractivity contribution is 7.58. The van der Waals surface area contributed by atoms with E-state index in [1.54, 1.807) is 88.4 Å². The number of amides is 9. The van der Waals surface area contributed by atoms with E-state index in [9.17, 15) is 52.6 Å². The molecule has 1 fully saturated rings. The van der Waals surface area contributed by atoms with Crippen LogP contribution >= 0.6 is 7.37 Å². The van der Waals surface area contributed by atoms with Crippen molar-refractivity contribution in [2.45, 2.75) is 159 Å². The molecule has 9 amide bonds. The monoisotopic (exact) mass is 1300 g/mol. The molecule has 1 aliphatic heterocycles. The Morgan fingerprint density at radius 1 is 0.674 bits per heavy atom. The number of aliphatic imine (C=N–C) groups is 2. The number of rotatable bonds is 38. The third-order valence-electron chi connectivity index (χ3n) is 15.3. The molecule has 20 N–H and O–H groups in total. The summed E-state index contributed by atoms with van der Waals surface area (Å²) in [5.41, 5.74) is 30.0. The number of alkyl carbamates (subject to hydrolysis) is 1. The third-order valence-corrected chi connectivity index (χ3v) is 17.5. The number of aromatic amines is 2. The van der Waals surface area contributed by atoms with E-state index in [4.69, 9.17) is 33.4 Å². The first kappa shape index (κ1) is 73.4. The molecule has 4 aromatic rings. The Morgan fingerprint density at radius 3 is 1.76 bits per heavy atom. The molecule has 0 aliphatic carbocycles. The number of benzene rings is 2. The van der Waals surface area contributed by atoms with Crippen LogP contribution in [0.5, 0.6) is 0 Å². The summed E-state index contributed by atoms with van der Waals surface area (Å²) in [6.45, 7) is 7.19. The zero-order chi connectivity index (χ0) is 67.3. The number of guanidine groups is 2. The van der Waals surface area contributed by atoms with Crippen LogP contribution in [-0.4, -0.2) is 169 Å². The number of nitrogens with two attached hydrogens (primary N) is 5. The minimum absolute atomic E-state index is 0.00277. The first-order chi connectivity index (χ1) is 43.8. The van der Waals surface area contributed by atoms with Crippen LogP contribution in [0.25, 0.3) is 0 Å². The summed E-state index contributed by atoms with van der Waals surface area (Å²) in [5, 5.41) is 18.8. The van der Waals surface area contributed by atoms with E-state index in [0.29, 0.717) is 35.4 Å². The van der Waals surface area contributed by atoms with E-state index < -0.39 is 127 Å². The lowest BCUT2D eigenvalue weighted by Gasteiger charge is -2.31. The maximum Gasteiger partial charge on any atom is 0.408 e. The van der Waals surface area contributed by atoms with E-state index in [1.165, 1.54) is 29.9 Å². The molecular weight excluding hydrogens is 1210 g/mol. The van der Waals surface area contributed by atoms with Gasteiger partial charge in [0.1, 0.15) is 54.7 Å². The van der Waals surface area contributed by atoms with E-state index in [-0.39, 0.29) is 102 Å². The van der Waals surface area contributed by atoms with Crippen LogP contribution in [-0.2, 0) is 73.5 Å². The van der Waals surface area contributed by atoms with Gasteiger partial charge in [-0.05, 0) is 67.9 Å². The number of aromatic nitrogens is 4. The van der Waals surface area contributed by atoms with E-state index in [0.717, 1.165) is 0 Å². The van der Waals surface area contributed by atoms with Crippen LogP contribution in [0.2, 0.25) is 0 Å². The van der Waals surface area contributed by atoms with Gasteiger partial charge in [0.2, 0.25) is 54.6 Å². The molecule has 1 saturated heterocycles. The number of primary amides is 1. The molecule has 32 heteroatoms. The van der Waals surface area contributed by atoms with Crippen LogP contribution in [0.3, 0.4) is 0 Å². The molecule has 1 aliphatic rings. The maximum absolute atomic E-state index is 14.8. The number of carbonyl (C=O) groups is 9. The van der Waals surface area contributed by atoms with Gasteiger partial charge in [0.25, 0.3) is 0 Å².